The number of anilines is 1. The number of hydrogen-bond donors (Lipinski definition) is 0. The second kappa shape index (κ2) is 9.38. The molecule has 2 saturated heterocycles. The maximum absolute atomic E-state index is 13.9. The van der Waals surface area contributed by atoms with Crippen molar-refractivity contribution in [2.24, 2.45) is 0 Å². The predicted molar refractivity (Wildman–Crippen MR) is 127 cm³/mol. The quantitative estimate of drug-likeness (QED) is 0.626. The minimum absolute atomic E-state index is 0.0400. The average molecular weight is 503 g/mol. The van der Waals surface area contributed by atoms with Crippen LogP contribution in [0.1, 0.15) is 36.9 Å². The lowest BCUT2D eigenvalue weighted by Crippen LogP contribution is -2.52. The Labute approximate surface area is 207 Å². The molecule has 1 atom stereocenters. The number of nitrogens with zero attached hydrogens (tertiary/aromatic N) is 4. The second-order valence-corrected chi connectivity index (χ2v) is 9.74. The molecule has 0 unspecified atom stereocenters. The third-order valence-electron chi connectivity index (χ3n) is 7.66. The van der Waals surface area contributed by atoms with Crippen LogP contribution in [0.25, 0.3) is 0 Å². The molecule has 7 nitrogen and oxygen atoms in total. The number of methoxy groups -OCH3 is 1. The van der Waals surface area contributed by atoms with Crippen LogP contribution in [0.4, 0.5) is 18.9 Å². The summed E-state index contributed by atoms with van der Waals surface area (Å²) in [5.41, 5.74) is 1.29. The van der Waals surface area contributed by atoms with Crippen LogP contribution < -0.4 is 9.64 Å². The number of fused-ring (bicyclic) bond motifs is 2. The molecule has 1 spiro atoms. The highest BCUT2D eigenvalue weighted by Crippen LogP contribution is 2.48. The Kier molecular flexibility index (Phi) is 6.40. The van der Waals surface area contributed by atoms with E-state index in [-0.39, 0.29) is 18.9 Å². The summed E-state index contributed by atoms with van der Waals surface area (Å²) in [4.78, 5) is 36.0. The van der Waals surface area contributed by atoms with Gasteiger partial charge in [-0.15, -0.1) is 0 Å². The van der Waals surface area contributed by atoms with Crippen LogP contribution in [0.5, 0.6) is 5.88 Å². The molecular weight excluding hydrogens is 473 g/mol. The first kappa shape index (κ1) is 24.5. The van der Waals surface area contributed by atoms with E-state index < -0.39 is 30.1 Å². The molecule has 192 valence electrons. The first-order valence-electron chi connectivity index (χ1n) is 12.2. The van der Waals surface area contributed by atoms with Crippen LogP contribution in [0.15, 0.2) is 42.5 Å². The Morgan fingerprint density at radius 2 is 1.83 bits per heavy atom. The van der Waals surface area contributed by atoms with Crippen molar-refractivity contribution in [1.82, 2.24) is 14.8 Å². The van der Waals surface area contributed by atoms with E-state index in [4.69, 9.17) is 4.74 Å². The van der Waals surface area contributed by atoms with Gasteiger partial charge in [-0.1, -0.05) is 30.3 Å². The first-order valence-corrected chi connectivity index (χ1v) is 12.2. The molecule has 36 heavy (non-hydrogen) atoms. The summed E-state index contributed by atoms with van der Waals surface area (Å²) in [6, 6.07) is 11.6. The number of aromatic nitrogens is 1. The van der Waals surface area contributed by atoms with E-state index in [1.807, 2.05) is 18.2 Å². The van der Waals surface area contributed by atoms with Gasteiger partial charge in [-0.05, 0) is 50.4 Å². The van der Waals surface area contributed by atoms with Gasteiger partial charge in [0.15, 0.2) is 0 Å². The lowest BCUT2D eigenvalue weighted by atomic mass is 9.76. The average Bonchev–Trinajstić information content (AvgIpc) is 3.45. The molecule has 0 radical (unpaired) electrons. The third-order valence-corrected chi connectivity index (χ3v) is 7.66. The topological polar surface area (TPSA) is 66.0 Å². The highest BCUT2D eigenvalue weighted by atomic mass is 19.4. The molecule has 3 aliphatic heterocycles. The number of alkyl halides is 3. The number of ether oxygens (including phenoxy) is 1. The molecule has 2 aromatic rings. The van der Waals surface area contributed by atoms with E-state index in [1.165, 1.54) is 17.6 Å². The second-order valence-electron chi connectivity index (χ2n) is 9.74. The molecule has 1 aromatic heterocycles. The molecule has 4 heterocycles. The van der Waals surface area contributed by atoms with Gasteiger partial charge in [0.25, 0.3) is 0 Å². The van der Waals surface area contributed by atoms with Crippen molar-refractivity contribution in [3.63, 3.8) is 0 Å². The van der Waals surface area contributed by atoms with E-state index >= 15 is 0 Å². The zero-order chi connectivity index (χ0) is 25.5. The summed E-state index contributed by atoms with van der Waals surface area (Å²) < 4.78 is 45.7. The van der Waals surface area contributed by atoms with Crippen molar-refractivity contribution < 1.29 is 27.5 Å². The fourth-order valence-electron chi connectivity index (χ4n) is 5.76. The van der Waals surface area contributed by atoms with Crippen molar-refractivity contribution >= 4 is 17.5 Å². The van der Waals surface area contributed by atoms with Crippen molar-refractivity contribution in [3.8, 4) is 5.88 Å². The van der Waals surface area contributed by atoms with Crippen LogP contribution >= 0.6 is 0 Å². The fraction of sp³-hybridized carbons (Fsp3) is 0.500. The Hall–Kier alpha value is -3.14. The van der Waals surface area contributed by atoms with Crippen LogP contribution in [-0.4, -0.2) is 72.1 Å². The lowest BCUT2D eigenvalue weighted by molar-refractivity contribution is -0.182. The van der Waals surface area contributed by atoms with Crippen molar-refractivity contribution in [2.75, 3.05) is 38.2 Å². The number of rotatable bonds is 5. The van der Waals surface area contributed by atoms with E-state index in [1.54, 1.807) is 12.1 Å². The fourth-order valence-corrected chi connectivity index (χ4v) is 5.76. The predicted octanol–water partition coefficient (Wildman–Crippen LogP) is 3.52. The molecule has 0 bridgehead atoms. The molecule has 2 fully saturated rings. The number of carbonyl (C=O) groups excluding carboxylic acids is 2. The molecule has 1 aromatic carbocycles. The summed E-state index contributed by atoms with van der Waals surface area (Å²) in [6.07, 6.45) is -3.29. The van der Waals surface area contributed by atoms with Gasteiger partial charge in [0.2, 0.25) is 17.7 Å². The Morgan fingerprint density at radius 1 is 1.11 bits per heavy atom. The summed E-state index contributed by atoms with van der Waals surface area (Å²) >= 11 is 0. The van der Waals surface area contributed by atoms with Crippen LogP contribution in [-0.2, 0) is 21.5 Å². The van der Waals surface area contributed by atoms with Gasteiger partial charge in [0, 0.05) is 19.2 Å². The van der Waals surface area contributed by atoms with Gasteiger partial charge in [0.1, 0.15) is 12.6 Å². The Morgan fingerprint density at radius 3 is 2.50 bits per heavy atom. The molecular formula is C26H29F3N4O3. The summed E-state index contributed by atoms with van der Waals surface area (Å²) in [5.74, 6) is -0.602. The zero-order valence-electron chi connectivity index (χ0n) is 20.1. The number of carbonyl (C=O) groups is 2. The number of hydrogen-bond acceptors (Lipinski definition) is 5. The highest BCUT2D eigenvalue weighted by Gasteiger charge is 2.55. The minimum atomic E-state index is -4.49. The van der Waals surface area contributed by atoms with E-state index in [9.17, 15) is 22.8 Å². The summed E-state index contributed by atoms with van der Waals surface area (Å²) in [5, 5.41) is 0. The molecule has 10 heteroatoms. The van der Waals surface area contributed by atoms with Gasteiger partial charge >= 0.3 is 6.18 Å². The number of halogens is 3. The number of likely N-dealkylation sites (tertiary alicyclic amines) is 2. The molecule has 0 N–H and O–H groups in total. The Bertz CT molecular complexity index is 1130. The normalized spacial score (nSPS) is 21.8. The van der Waals surface area contributed by atoms with Crippen LogP contribution in [0.2, 0.25) is 0 Å². The zero-order valence-corrected chi connectivity index (χ0v) is 20.1. The van der Waals surface area contributed by atoms with Gasteiger partial charge in [0.05, 0.1) is 23.9 Å². The molecule has 2 amide bonds. The largest absolute Gasteiger partial charge is 0.481 e. The Balaban J connectivity index is 1.38. The molecule has 0 saturated carbocycles. The van der Waals surface area contributed by atoms with E-state index in [0.29, 0.717) is 49.6 Å². The summed E-state index contributed by atoms with van der Waals surface area (Å²) in [6.45, 7) is 1.69. The number of piperidine rings is 1. The maximum Gasteiger partial charge on any atom is 0.408 e. The number of benzene rings is 1. The molecule has 0 aliphatic carbocycles. The van der Waals surface area contributed by atoms with Gasteiger partial charge in [-0.2, -0.15) is 13.2 Å². The van der Waals surface area contributed by atoms with Gasteiger partial charge in [-0.3, -0.25) is 14.5 Å². The van der Waals surface area contributed by atoms with Crippen molar-refractivity contribution in [2.45, 2.75) is 49.9 Å². The maximum atomic E-state index is 13.9. The number of pyridine rings is 1. The van der Waals surface area contributed by atoms with Gasteiger partial charge in [-0.25, -0.2) is 4.98 Å². The molecule has 5 rings (SSSR count). The van der Waals surface area contributed by atoms with Crippen LogP contribution in [0, 0.1) is 0 Å². The SMILES string of the molecule is COc1ccc2c(n1)C1(CCN(Cc3ccccc3)CC1)C(=O)N2CC(=O)N1CCC[C@H]1C(F)(F)F. The van der Waals surface area contributed by atoms with Gasteiger partial charge < -0.3 is 14.5 Å². The highest BCUT2D eigenvalue weighted by molar-refractivity contribution is 6.10. The van der Waals surface area contributed by atoms with Crippen molar-refractivity contribution in [1.29, 1.82) is 0 Å². The molecule has 3 aliphatic rings. The standard InChI is InChI=1S/C26H29F3N4O3/c1-36-21-10-9-19-23(30-21)25(11-14-31(15-12-25)16-18-6-3-2-4-7-18)24(35)33(19)17-22(34)32-13-5-8-20(32)26(27,28)29/h2-4,6-7,9-10,20H,5,8,11-17H2,1H3/t20-/m0/s1. The lowest BCUT2D eigenvalue weighted by Gasteiger charge is -2.38. The number of amides is 2. The van der Waals surface area contributed by atoms with Crippen molar-refractivity contribution in [3.05, 3.63) is 53.7 Å². The summed E-state index contributed by atoms with van der Waals surface area (Å²) in [7, 11) is 1.49. The van der Waals surface area contributed by atoms with E-state index in [2.05, 4.69) is 22.0 Å². The third kappa shape index (κ3) is 4.31. The van der Waals surface area contributed by atoms with E-state index in [0.717, 1.165) is 11.4 Å². The minimum Gasteiger partial charge on any atom is -0.481 e. The smallest absolute Gasteiger partial charge is 0.408 e. The first-order chi connectivity index (χ1) is 17.2. The van der Waals surface area contributed by atoms with Crippen LogP contribution in [0.3, 0.4) is 0 Å². The monoisotopic (exact) mass is 502 g/mol.